The molecule has 0 saturated carbocycles. The molecule has 3 nitrogen and oxygen atoms in total. The zero-order valence-electron chi connectivity index (χ0n) is 11.3. The van der Waals surface area contributed by atoms with Crippen molar-refractivity contribution in [3.8, 4) is 0 Å². The van der Waals surface area contributed by atoms with Crippen LogP contribution in [0.5, 0.6) is 0 Å². The van der Waals surface area contributed by atoms with Crippen LogP contribution in [-0.4, -0.2) is 25.0 Å². The third kappa shape index (κ3) is 4.31. The molecular formula is C15H21FN2O. The number of carbonyl (C=O) groups excluding carboxylic acids is 1. The third-order valence-corrected chi connectivity index (χ3v) is 3.60. The molecule has 1 saturated heterocycles. The van der Waals surface area contributed by atoms with E-state index in [1.807, 2.05) is 6.07 Å². The SMILES string of the molecule is C[C@H]1C[C@@H](C(=O)NCCc2cccc(F)c2)CCN1. The van der Waals surface area contributed by atoms with Crippen LogP contribution in [0.4, 0.5) is 4.39 Å². The van der Waals surface area contributed by atoms with Gasteiger partial charge in [-0.2, -0.15) is 0 Å². The highest BCUT2D eigenvalue weighted by atomic mass is 19.1. The van der Waals surface area contributed by atoms with Gasteiger partial charge in [-0.05, 0) is 50.4 Å². The van der Waals surface area contributed by atoms with Gasteiger partial charge in [-0.3, -0.25) is 4.79 Å². The third-order valence-electron chi connectivity index (χ3n) is 3.60. The van der Waals surface area contributed by atoms with Crippen LogP contribution in [0.3, 0.4) is 0 Å². The lowest BCUT2D eigenvalue weighted by Gasteiger charge is -2.27. The Hall–Kier alpha value is -1.42. The number of carbonyl (C=O) groups is 1. The molecule has 19 heavy (non-hydrogen) atoms. The Kier molecular flexibility index (Phi) is 4.91. The summed E-state index contributed by atoms with van der Waals surface area (Å²) in [5, 5.41) is 6.29. The fraction of sp³-hybridized carbons (Fsp3) is 0.533. The van der Waals surface area contributed by atoms with Crippen LogP contribution in [0.2, 0.25) is 0 Å². The van der Waals surface area contributed by atoms with E-state index in [9.17, 15) is 9.18 Å². The first-order chi connectivity index (χ1) is 9.15. The van der Waals surface area contributed by atoms with E-state index in [-0.39, 0.29) is 17.6 Å². The van der Waals surface area contributed by atoms with Crippen LogP contribution in [0.25, 0.3) is 0 Å². The molecule has 4 heteroatoms. The number of hydrogen-bond donors (Lipinski definition) is 2. The minimum absolute atomic E-state index is 0.115. The molecule has 0 unspecified atom stereocenters. The summed E-state index contributed by atoms with van der Waals surface area (Å²) >= 11 is 0. The lowest BCUT2D eigenvalue weighted by molar-refractivity contribution is -0.126. The van der Waals surface area contributed by atoms with Crippen LogP contribution in [0.15, 0.2) is 24.3 Å². The first-order valence-electron chi connectivity index (χ1n) is 6.90. The molecule has 104 valence electrons. The summed E-state index contributed by atoms with van der Waals surface area (Å²) in [6.45, 7) is 3.58. The minimum atomic E-state index is -0.226. The maximum absolute atomic E-state index is 13.0. The highest BCUT2D eigenvalue weighted by Gasteiger charge is 2.24. The maximum Gasteiger partial charge on any atom is 0.223 e. The molecule has 0 bridgehead atoms. The topological polar surface area (TPSA) is 41.1 Å². The summed E-state index contributed by atoms with van der Waals surface area (Å²) in [6.07, 6.45) is 2.46. The molecule has 1 aromatic rings. The minimum Gasteiger partial charge on any atom is -0.356 e. The molecule has 0 spiro atoms. The Morgan fingerprint density at radius 2 is 2.37 bits per heavy atom. The number of nitrogens with one attached hydrogen (secondary N) is 2. The van der Waals surface area contributed by atoms with Gasteiger partial charge in [0, 0.05) is 18.5 Å². The van der Waals surface area contributed by atoms with E-state index >= 15 is 0 Å². The number of benzene rings is 1. The molecule has 1 amide bonds. The molecule has 1 aliphatic rings. The zero-order chi connectivity index (χ0) is 13.7. The zero-order valence-corrected chi connectivity index (χ0v) is 11.3. The standard InChI is InChI=1S/C15H21FN2O/c1-11-9-13(6-8-17-11)15(19)18-7-5-12-3-2-4-14(16)10-12/h2-4,10-11,13,17H,5-9H2,1H3,(H,18,19)/t11-,13-/m0/s1. The largest absolute Gasteiger partial charge is 0.356 e. The fourth-order valence-corrected chi connectivity index (χ4v) is 2.54. The van der Waals surface area contributed by atoms with Crippen molar-refractivity contribution in [3.05, 3.63) is 35.6 Å². The summed E-state index contributed by atoms with van der Waals surface area (Å²) in [6, 6.07) is 6.92. The van der Waals surface area contributed by atoms with Crippen molar-refractivity contribution in [1.82, 2.24) is 10.6 Å². The fourth-order valence-electron chi connectivity index (χ4n) is 2.54. The monoisotopic (exact) mass is 264 g/mol. The predicted octanol–water partition coefficient (Wildman–Crippen LogP) is 1.87. The molecule has 2 N–H and O–H groups in total. The second kappa shape index (κ2) is 6.66. The van der Waals surface area contributed by atoms with E-state index in [0.717, 1.165) is 24.9 Å². The molecule has 0 radical (unpaired) electrons. The summed E-state index contributed by atoms with van der Waals surface area (Å²) in [5.74, 6) is 0.0181. The number of amides is 1. The van der Waals surface area contributed by atoms with E-state index in [1.54, 1.807) is 6.07 Å². The second-order valence-corrected chi connectivity index (χ2v) is 5.25. The van der Waals surface area contributed by atoms with Gasteiger partial charge in [-0.1, -0.05) is 12.1 Å². The van der Waals surface area contributed by atoms with Crippen LogP contribution in [0, 0.1) is 11.7 Å². The maximum atomic E-state index is 13.0. The van der Waals surface area contributed by atoms with E-state index in [0.29, 0.717) is 19.0 Å². The Morgan fingerprint density at radius 1 is 1.53 bits per heavy atom. The van der Waals surface area contributed by atoms with Crippen molar-refractivity contribution < 1.29 is 9.18 Å². The highest BCUT2D eigenvalue weighted by Crippen LogP contribution is 2.15. The van der Waals surface area contributed by atoms with Gasteiger partial charge in [-0.25, -0.2) is 4.39 Å². The van der Waals surface area contributed by atoms with Crippen molar-refractivity contribution in [2.45, 2.75) is 32.2 Å². The van der Waals surface area contributed by atoms with Gasteiger partial charge in [0.1, 0.15) is 5.82 Å². The van der Waals surface area contributed by atoms with Crippen molar-refractivity contribution in [2.24, 2.45) is 5.92 Å². The molecular weight excluding hydrogens is 243 g/mol. The molecule has 1 heterocycles. The van der Waals surface area contributed by atoms with Gasteiger partial charge in [-0.15, -0.1) is 0 Å². The first kappa shape index (κ1) is 14.0. The van der Waals surface area contributed by atoms with Gasteiger partial charge >= 0.3 is 0 Å². The van der Waals surface area contributed by atoms with Crippen LogP contribution in [-0.2, 0) is 11.2 Å². The second-order valence-electron chi connectivity index (χ2n) is 5.25. The number of piperidine rings is 1. The van der Waals surface area contributed by atoms with Gasteiger partial charge in [0.15, 0.2) is 0 Å². The number of hydrogen-bond acceptors (Lipinski definition) is 2. The van der Waals surface area contributed by atoms with Gasteiger partial charge < -0.3 is 10.6 Å². The normalized spacial score (nSPS) is 23.1. The Labute approximate surface area is 113 Å². The molecule has 1 fully saturated rings. The van der Waals surface area contributed by atoms with Crippen LogP contribution >= 0.6 is 0 Å². The van der Waals surface area contributed by atoms with E-state index in [1.165, 1.54) is 12.1 Å². The summed E-state index contributed by atoms with van der Waals surface area (Å²) in [4.78, 5) is 12.0. The smallest absolute Gasteiger partial charge is 0.223 e. The average molecular weight is 264 g/mol. The van der Waals surface area contributed by atoms with E-state index in [4.69, 9.17) is 0 Å². The van der Waals surface area contributed by atoms with E-state index < -0.39 is 0 Å². The van der Waals surface area contributed by atoms with Crippen molar-refractivity contribution in [1.29, 1.82) is 0 Å². The molecule has 2 rings (SSSR count). The van der Waals surface area contributed by atoms with Crippen molar-refractivity contribution in [3.63, 3.8) is 0 Å². The van der Waals surface area contributed by atoms with Crippen molar-refractivity contribution >= 4 is 5.91 Å². The Bertz CT molecular complexity index is 436. The van der Waals surface area contributed by atoms with Gasteiger partial charge in [0.05, 0.1) is 0 Å². The average Bonchev–Trinajstić information content (AvgIpc) is 2.38. The van der Waals surface area contributed by atoms with E-state index in [2.05, 4.69) is 17.6 Å². The summed E-state index contributed by atoms with van der Waals surface area (Å²) in [5.41, 5.74) is 0.916. The first-order valence-corrected chi connectivity index (χ1v) is 6.90. The lowest BCUT2D eigenvalue weighted by atomic mass is 9.92. The lowest BCUT2D eigenvalue weighted by Crippen LogP contribution is -2.42. The van der Waals surface area contributed by atoms with Crippen LogP contribution in [0.1, 0.15) is 25.3 Å². The van der Waals surface area contributed by atoms with Gasteiger partial charge in [0.25, 0.3) is 0 Å². The molecule has 0 aliphatic carbocycles. The quantitative estimate of drug-likeness (QED) is 0.871. The number of halogens is 1. The van der Waals surface area contributed by atoms with Gasteiger partial charge in [0.2, 0.25) is 5.91 Å². The number of rotatable bonds is 4. The summed E-state index contributed by atoms with van der Waals surface area (Å²) < 4.78 is 13.0. The molecule has 1 aromatic carbocycles. The highest BCUT2D eigenvalue weighted by molar-refractivity contribution is 5.78. The van der Waals surface area contributed by atoms with Crippen LogP contribution < -0.4 is 10.6 Å². The molecule has 0 aromatic heterocycles. The Morgan fingerprint density at radius 3 is 3.11 bits per heavy atom. The molecule has 2 atom stereocenters. The summed E-state index contributed by atoms with van der Waals surface area (Å²) in [7, 11) is 0. The predicted molar refractivity (Wildman–Crippen MR) is 73.3 cm³/mol. The molecule has 1 aliphatic heterocycles. The van der Waals surface area contributed by atoms with Crippen molar-refractivity contribution in [2.75, 3.05) is 13.1 Å². The Balaban J connectivity index is 1.74.